The topological polar surface area (TPSA) is 70.3 Å². The molecule has 1 heterocycles. The van der Waals surface area contributed by atoms with Gasteiger partial charge in [-0.25, -0.2) is 0 Å². The number of anilines is 1. The molecule has 0 aliphatic rings. The van der Waals surface area contributed by atoms with Gasteiger partial charge in [0.25, 0.3) is 0 Å². The molecule has 0 saturated heterocycles. The van der Waals surface area contributed by atoms with Gasteiger partial charge in [0.05, 0.1) is 12.7 Å². The summed E-state index contributed by atoms with van der Waals surface area (Å²) in [6, 6.07) is 0. The van der Waals surface area contributed by atoms with Crippen molar-refractivity contribution in [1.82, 2.24) is 9.97 Å². The molecule has 0 amide bonds. The average molecular weight is 267 g/mol. The van der Waals surface area contributed by atoms with E-state index in [0.29, 0.717) is 24.1 Å². The van der Waals surface area contributed by atoms with E-state index in [9.17, 15) is 0 Å². The van der Waals surface area contributed by atoms with Crippen molar-refractivity contribution in [1.29, 1.82) is 0 Å². The fourth-order valence-electron chi connectivity index (χ4n) is 1.67. The van der Waals surface area contributed by atoms with E-state index >= 15 is 0 Å². The van der Waals surface area contributed by atoms with Crippen LogP contribution in [-0.4, -0.2) is 22.7 Å². The summed E-state index contributed by atoms with van der Waals surface area (Å²) in [5.74, 6) is 0.812. The van der Waals surface area contributed by atoms with Crippen LogP contribution < -0.4 is 15.2 Å². The van der Waals surface area contributed by atoms with Crippen LogP contribution >= 0.6 is 0 Å². The van der Waals surface area contributed by atoms with Crippen molar-refractivity contribution in [3.05, 3.63) is 6.33 Å². The third-order valence-electron chi connectivity index (χ3n) is 2.64. The second-order valence-electron chi connectivity index (χ2n) is 4.83. The minimum atomic E-state index is 0.0269. The third kappa shape index (κ3) is 5.77. The first-order valence-corrected chi connectivity index (χ1v) is 7.05. The van der Waals surface area contributed by atoms with Gasteiger partial charge in [-0.3, -0.25) is 0 Å². The van der Waals surface area contributed by atoms with Crippen molar-refractivity contribution in [2.75, 3.05) is 12.3 Å². The number of rotatable bonds is 9. The van der Waals surface area contributed by atoms with E-state index in [1.807, 2.05) is 13.8 Å². The van der Waals surface area contributed by atoms with Crippen LogP contribution in [-0.2, 0) is 0 Å². The lowest BCUT2D eigenvalue weighted by Crippen LogP contribution is -2.11. The first-order chi connectivity index (χ1) is 9.15. The zero-order valence-electron chi connectivity index (χ0n) is 12.2. The van der Waals surface area contributed by atoms with Gasteiger partial charge >= 0.3 is 0 Å². The van der Waals surface area contributed by atoms with Crippen LogP contribution in [0.3, 0.4) is 0 Å². The van der Waals surface area contributed by atoms with Gasteiger partial charge in [-0.05, 0) is 20.3 Å². The summed E-state index contributed by atoms with van der Waals surface area (Å²) in [4.78, 5) is 8.05. The van der Waals surface area contributed by atoms with Crippen molar-refractivity contribution in [2.45, 2.75) is 59.0 Å². The van der Waals surface area contributed by atoms with Crippen LogP contribution in [0.25, 0.3) is 0 Å². The molecule has 5 nitrogen and oxygen atoms in total. The fraction of sp³-hybridized carbons (Fsp3) is 0.714. The number of aromatic nitrogens is 2. The predicted molar refractivity (Wildman–Crippen MR) is 76.5 cm³/mol. The van der Waals surface area contributed by atoms with Gasteiger partial charge in [-0.15, -0.1) is 0 Å². The number of unbranched alkanes of at least 4 members (excludes halogenated alkanes) is 4. The average Bonchev–Trinajstić information content (AvgIpc) is 2.37. The Morgan fingerprint density at radius 1 is 1.11 bits per heavy atom. The van der Waals surface area contributed by atoms with Gasteiger partial charge in [0.15, 0.2) is 5.69 Å². The van der Waals surface area contributed by atoms with E-state index < -0.39 is 0 Å². The number of ether oxygens (including phenoxy) is 2. The minimum absolute atomic E-state index is 0.0269. The SMILES string of the molecule is CCCCCCCOc1ncnc(OC(C)C)c1N. The largest absolute Gasteiger partial charge is 0.476 e. The Balaban J connectivity index is 2.41. The summed E-state index contributed by atoms with van der Waals surface area (Å²) < 4.78 is 11.1. The van der Waals surface area contributed by atoms with E-state index in [4.69, 9.17) is 15.2 Å². The van der Waals surface area contributed by atoms with Crippen LogP contribution in [0.1, 0.15) is 52.9 Å². The fourth-order valence-corrected chi connectivity index (χ4v) is 1.67. The first kappa shape index (κ1) is 15.5. The molecule has 0 unspecified atom stereocenters. The molecule has 1 aromatic rings. The molecular weight excluding hydrogens is 242 g/mol. The molecule has 2 N–H and O–H groups in total. The van der Waals surface area contributed by atoms with Crippen molar-refractivity contribution < 1.29 is 9.47 Å². The van der Waals surface area contributed by atoms with Crippen LogP contribution in [0.5, 0.6) is 11.8 Å². The number of hydrogen-bond donors (Lipinski definition) is 1. The van der Waals surface area contributed by atoms with Gasteiger partial charge in [0, 0.05) is 0 Å². The summed E-state index contributed by atoms with van der Waals surface area (Å²) in [6.45, 7) is 6.69. The van der Waals surface area contributed by atoms with Crippen LogP contribution in [0.15, 0.2) is 6.33 Å². The zero-order chi connectivity index (χ0) is 14.1. The van der Waals surface area contributed by atoms with Crippen molar-refractivity contribution >= 4 is 5.69 Å². The molecule has 0 aromatic carbocycles. The van der Waals surface area contributed by atoms with E-state index in [-0.39, 0.29) is 6.10 Å². The normalized spacial score (nSPS) is 10.7. The van der Waals surface area contributed by atoms with Crippen LogP contribution in [0.2, 0.25) is 0 Å². The molecule has 0 saturated carbocycles. The van der Waals surface area contributed by atoms with Crippen molar-refractivity contribution in [3.63, 3.8) is 0 Å². The van der Waals surface area contributed by atoms with Crippen LogP contribution in [0, 0.1) is 0 Å². The Kier molecular flexibility index (Phi) is 7.00. The summed E-state index contributed by atoms with van der Waals surface area (Å²) >= 11 is 0. The number of hydrogen-bond acceptors (Lipinski definition) is 5. The molecule has 1 rings (SSSR count). The van der Waals surface area contributed by atoms with E-state index in [1.54, 1.807) is 0 Å². The van der Waals surface area contributed by atoms with Crippen molar-refractivity contribution in [3.8, 4) is 11.8 Å². The zero-order valence-corrected chi connectivity index (χ0v) is 12.2. The molecule has 0 atom stereocenters. The standard InChI is InChI=1S/C14H25N3O2/c1-4-5-6-7-8-9-18-13-12(15)14(17-10-16-13)19-11(2)3/h10-11H,4-9,15H2,1-3H3. The summed E-state index contributed by atoms with van der Waals surface area (Å²) in [6.07, 6.45) is 7.41. The Hall–Kier alpha value is -1.52. The van der Waals surface area contributed by atoms with Gasteiger partial charge in [0.1, 0.15) is 6.33 Å². The number of nitrogens with zero attached hydrogens (tertiary/aromatic N) is 2. The Bertz CT molecular complexity index is 370. The minimum Gasteiger partial charge on any atom is -0.476 e. The van der Waals surface area contributed by atoms with Gasteiger partial charge < -0.3 is 15.2 Å². The first-order valence-electron chi connectivity index (χ1n) is 7.05. The Morgan fingerprint density at radius 3 is 2.47 bits per heavy atom. The van der Waals surface area contributed by atoms with Gasteiger partial charge in [-0.1, -0.05) is 32.6 Å². The van der Waals surface area contributed by atoms with Gasteiger partial charge in [-0.2, -0.15) is 9.97 Å². The molecule has 0 aliphatic heterocycles. The highest BCUT2D eigenvalue weighted by atomic mass is 16.5. The molecule has 0 fully saturated rings. The maximum atomic E-state index is 5.92. The smallest absolute Gasteiger partial charge is 0.244 e. The molecule has 0 bridgehead atoms. The lowest BCUT2D eigenvalue weighted by atomic mass is 10.2. The summed E-state index contributed by atoms with van der Waals surface area (Å²) in [7, 11) is 0. The second-order valence-corrected chi connectivity index (χ2v) is 4.83. The monoisotopic (exact) mass is 267 g/mol. The lowest BCUT2D eigenvalue weighted by Gasteiger charge is -2.13. The Labute approximate surface area is 115 Å². The predicted octanol–water partition coefficient (Wildman–Crippen LogP) is 3.20. The number of nitrogen functional groups attached to an aromatic ring is 1. The van der Waals surface area contributed by atoms with E-state index in [0.717, 1.165) is 6.42 Å². The lowest BCUT2D eigenvalue weighted by molar-refractivity contribution is 0.230. The highest BCUT2D eigenvalue weighted by Crippen LogP contribution is 2.27. The molecule has 5 heteroatoms. The van der Waals surface area contributed by atoms with E-state index in [1.165, 1.54) is 32.0 Å². The quantitative estimate of drug-likeness (QED) is 0.696. The number of nitrogens with two attached hydrogens (primary N) is 1. The molecule has 19 heavy (non-hydrogen) atoms. The molecule has 1 aromatic heterocycles. The molecule has 0 radical (unpaired) electrons. The van der Waals surface area contributed by atoms with Crippen molar-refractivity contribution in [2.24, 2.45) is 0 Å². The molecular formula is C14H25N3O2. The highest BCUT2D eigenvalue weighted by molar-refractivity contribution is 5.55. The molecule has 108 valence electrons. The van der Waals surface area contributed by atoms with Gasteiger partial charge in [0.2, 0.25) is 11.8 Å². The second kappa shape index (κ2) is 8.56. The Morgan fingerprint density at radius 2 is 1.79 bits per heavy atom. The highest BCUT2D eigenvalue weighted by Gasteiger charge is 2.11. The molecule has 0 aliphatic carbocycles. The maximum Gasteiger partial charge on any atom is 0.244 e. The summed E-state index contributed by atoms with van der Waals surface area (Å²) in [5, 5.41) is 0. The summed E-state index contributed by atoms with van der Waals surface area (Å²) in [5.41, 5.74) is 6.30. The molecule has 0 spiro atoms. The third-order valence-corrected chi connectivity index (χ3v) is 2.64. The van der Waals surface area contributed by atoms with E-state index in [2.05, 4.69) is 16.9 Å². The maximum absolute atomic E-state index is 5.92. The van der Waals surface area contributed by atoms with Crippen LogP contribution in [0.4, 0.5) is 5.69 Å².